The second kappa shape index (κ2) is 6.24. The van der Waals surface area contributed by atoms with Crippen molar-refractivity contribution in [3.63, 3.8) is 0 Å². The Kier molecular flexibility index (Phi) is 4.96. The predicted molar refractivity (Wildman–Crippen MR) is 64.7 cm³/mol. The van der Waals surface area contributed by atoms with Crippen molar-refractivity contribution in [3.8, 4) is 5.75 Å². The largest absolute Gasteiger partial charge is 0.495 e. The molecule has 1 aromatic rings. The Bertz CT molecular complexity index is 402. The van der Waals surface area contributed by atoms with Gasteiger partial charge in [-0.05, 0) is 17.9 Å². The molecule has 0 aliphatic heterocycles. The molecule has 0 radical (unpaired) electrons. The molecule has 0 atom stereocenters. The first-order valence-corrected chi connectivity index (χ1v) is 6.10. The summed E-state index contributed by atoms with van der Waals surface area (Å²) in [5, 5.41) is 10.5. The summed E-state index contributed by atoms with van der Waals surface area (Å²) >= 11 is 1.25. The number of hydrogen-bond acceptors (Lipinski definition) is 4. The van der Waals surface area contributed by atoms with Gasteiger partial charge in [0.1, 0.15) is 17.2 Å². The molecule has 0 bridgehead atoms. The van der Waals surface area contributed by atoms with Crippen LogP contribution in [0.3, 0.4) is 0 Å². The average molecular weight is 257 g/mol. The van der Waals surface area contributed by atoms with Gasteiger partial charge < -0.3 is 14.7 Å². The van der Waals surface area contributed by atoms with E-state index in [1.54, 1.807) is 11.4 Å². The van der Waals surface area contributed by atoms with Gasteiger partial charge in [-0.2, -0.15) is 0 Å². The van der Waals surface area contributed by atoms with Gasteiger partial charge in [-0.3, -0.25) is 9.59 Å². The van der Waals surface area contributed by atoms with Crippen LogP contribution in [0.25, 0.3) is 0 Å². The van der Waals surface area contributed by atoms with Gasteiger partial charge in [0.05, 0.1) is 7.11 Å². The zero-order chi connectivity index (χ0) is 12.8. The number of aliphatic carboxylic acids is 1. The molecule has 1 rings (SSSR count). The number of ether oxygens (including phenoxy) is 1. The molecule has 0 saturated carbocycles. The molecule has 17 heavy (non-hydrogen) atoms. The average Bonchev–Trinajstić information content (AvgIpc) is 2.74. The number of hydrogen-bond donors (Lipinski definition) is 1. The fraction of sp³-hybridized carbons (Fsp3) is 0.455. The summed E-state index contributed by atoms with van der Waals surface area (Å²) in [6, 6.07) is 1.70. The summed E-state index contributed by atoms with van der Waals surface area (Å²) in [6.45, 7) is 2.04. The molecule has 5 nitrogen and oxygen atoms in total. The lowest BCUT2D eigenvalue weighted by Crippen LogP contribution is -2.36. The smallest absolute Gasteiger partial charge is 0.323 e. The summed E-state index contributed by atoms with van der Waals surface area (Å²) in [5.41, 5.74) is 0. The van der Waals surface area contributed by atoms with E-state index >= 15 is 0 Å². The lowest BCUT2D eigenvalue weighted by molar-refractivity contribution is -0.137. The number of carboxylic acids is 1. The Labute approximate surface area is 104 Å². The zero-order valence-corrected chi connectivity index (χ0v) is 10.6. The van der Waals surface area contributed by atoms with E-state index in [4.69, 9.17) is 9.84 Å². The van der Waals surface area contributed by atoms with Crippen molar-refractivity contribution < 1.29 is 19.4 Å². The third-order valence-corrected chi connectivity index (χ3v) is 3.03. The maximum atomic E-state index is 12.1. The maximum Gasteiger partial charge on any atom is 0.323 e. The molecule has 0 fully saturated rings. The second-order valence-corrected chi connectivity index (χ2v) is 4.35. The molecule has 0 aromatic carbocycles. The van der Waals surface area contributed by atoms with Gasteiger partial charge in [0.2, 0.25) is 0 Å². The molecule has 0 aliphatic carbocycles. The molecule has 6 heteroatoms. The first-order valence-electron chi connectivity index (χ1n) is 5.22. The Hall–Kier alpha value is -1.56. The molecular formula is C11H15NO4S. The highest BCUT2D eigenvalue weighted by atomic mass is 32.1. The summed E-state index contributed by atoms with van der Waals surface area (Å²) in [5.74, 6) is -0.810. The molecular weight excluding hydrogens is 242 g/mol. The minimum Gasteiger partial charge on any atom is -0.495 e. The first-order chi connectivity index (χ1) is 8.10. The van der Waals surface area contributed by atoms with Gasteiger partial charge in [0.25, 0.3) is 5.91 Å². The first kappa shape index (κ1) is 13.5. The van der Waals surface area contributed by atoms with Crippen LogP contribution in [0.15, 0.2) is 11.4 Å². The van der Waals surface area contributed by atoms with Crippen LogP contribution >= 0.6 is 11.3 Å². The number of carbonyl (C=O) groups is 2. The molecule has 0 spiro atoms. The van der Waals surface area contributed by atoms with E-state index in [1.807, 2.05) is 6.92 Å². The Balaban J connectivity index is 2.87. The van der Waals surface area contributed by atoms with E-state index < -0.39 is 5.97 Å². The van der Waals surface area contributed by atoms with Crippen LogP contribution in [0.5, 0.6) is 5.75 Å². The minimum atomic E-state index is -1.01. The summed E-state index contributed by atoms with van der Waals surface area (Å²) < 4.78 is 5.06. The molecule has 0 aliphatic rings. The highest BCUT2D eigenvalue weighted by Crippen LogP contribution is 2.25. The molecule has 0 unspecified atom stereocenters. The van der Waals surface area contributed by atoms with Gasteiger partial charge in [0.15, 0.2) is 0 Å². The number of amides is 1. The van der Waals surface area contributed by atoms with Crippen LogP contribution in [0.1, 0.15) is 23.0 Å². The lowest BCUT2D eigenvalue weighted by Gasteiger charge is -2.19. The van der Waals surface area contributed by atoms with Gasteiger partial charge in [-0.25, -0.2) is 0 Å². The second-order valence-electron chi connectivity index (χ2n) is 3.44. The third kappa shape index (κ3) is 3.45. The highest BCUT2D eigenvalue weighted by molar-refractivity contribution is 7.12. The molecule has 1 N–H and O–H groups in total. The number of thiophene rings is 1. The van der Waals surface area contributed by atoms with E-state index in [2.05, 4.69) is 0 Å². The Morgan fingerprint density at radius 2 is 2.24 bits per heavy atom. The standard InChI is InChI=1S/C11H15NO4S/c1-3-5-12(7-9(13)14)11(15)10-8(16-2)4-6-17-10/h4,6H,3,5,7H2,1-2H3,(H,13,14). The van der Waals surface area contributed by atoms with Gasteiger partial charge in [-0.1, -0.05) is 6.92 Å². The number of rotatable bonds is 6. The lowest BCUT2D eigenvalue weighted by atomic mass is 10.3. The van der Waals surface area contributed by atoms with Crippen molar-refractivity contribution >= 4 is 23.2 Å². The van der Waals surface area contributed by atoms with Gasteiger partial charge in [-0.15, -0.1) is 11.3 Å². The van der Waals surface area contributed by atoms with Crippen molar-refractivity contribution in [2.75, 3.05) is 20.2 Å². The van der Waals surface area contributed by atoms with Crippen molar-refractivity contribution in [1.29, 1.82) is 0 Å². The van der Waals surface area contributed by atoms with E-state index in [-0.39, 0.29) is 12.5 Å². The van der Waals surface area contributed by atoms with Crippen LogP contribution in [0.2, 0.25) is 0 Å². The predicted octanol–water partition coefficient (Wildman–Crippen LogP) is 1.69. The van der Waals surface area contributed by atoms with Crippen molar-refractivity contribution in [3.05, 3.63) is 16.3 Å². The topological polar surface area (TPSA) is 66.8 Å². The van der Waals surface area contributed by atoms with Crippen molar-refractivity contribution in [2.24, 2.45) is 0 Å². The normalized spacial score (nSPS) is 10.0. The van der Waals surface area contributed by atoms with Crippen molar-refractivity contribution in [1.82, 2.24) is 4.90 Å². The van der Waals surface area contributed by atoms with Crippen LogP contribution in [0, 0.1) is 0 Å². The monoisotopic (exact) mass is 257 g/mol. The Morgan fingerprint density at radius 3 is 2.76 bits per heavy atom. The molecule has 1 heterocycles. The van der Waals surface area contributed by atoms with E-state index in [0.717, 1.165) is 0 Å². The van der Waals surface area contributed by atoms with E-state index in [0.29, 0.717) is 23.6 Å². The van der Waals surface area contributed by atoms with Crippen molar-refractivity contribution in [2.45, 2.75) is 13.3 Å². The van der Waals surface area contributed by atoms with Crippen LogP contribution in [-0.4, -0.2) is 42.1 Å². The number of carbonyl (C=O) groups excluding carboxylic acids is 1. The quantitative estimate of drug-likeness (QED) is 0.842. The van der Waals surface area contributed by atoms with Gasteiger partial charge >= 0.3 is 5.97 Å². The molecule has 1 amide bonds. The Morgan fingerprint density at radius 1 is 1.53 bits per heavy atom. The van der Waals surface area contributed by atoms with Crippen LogP contribution < -0.4 is 4.74 Å². The molecule has 94 valence electrons. The SMILES string of the molecule is CCCN(CC(=O)O)C(=O)c1sccc1OC. The number of carboxylic acid groups (broad SMARTS) is 1. The molecule has 1 aromatic heterocycles. The zero-order valence-electron chi connectivity index (χ0n) is 9.80. The minimum absolute atomic E-state index is 0.284. The van der Waals surface area contributed by atoms with E-state index in [1.165, 1.54) is 23.3 Å². The molecule has 0 saturated heterocycles. The van der Waals surface area contributed by atoms with E-state index in [9.17, 15) is 9.59 Å². The fourth-order valence-corrected chi connectivity index (χ4v) is 2.27. The number of nitrogens with zero attached hydrogens (tertiary/aromatic N) is 1. The summed E-state index contributed by atoms with van der Waals surface area (Å²) in [7, 11) is 1.49. The maximum absolute atomic E-state index is 12.1. The van der Waals surface area contributed by atoms with Crippen LogP contribution in [0.4, 0.5) is 0 Å². The van der Waals surface area contributed by atoms with Crippen LogP contribution in [-0.2, 0) is 4.79 Å². The number of methoxy groups -OCH3 is 1. The summed E-state index contributed by atoms with van der Waals surface area (Å²) in [4.78, 5) is 24.6. The highest BCUT2D eigenvalue weighted by Gasteiger charge is 2.22. The fourth-order valence-electron chi connectivity index (χ4n) is 1.44. The van der Waals surface area contributed by atoms with Gasteiger partial charge in [0, 0.05) is 6.54 Å². The summed E-state index contributed by atoms with van der Waals surface area (Å²) in [6.07, 6.45) is 0.715. The third-order valence-electron chi connectivity index (χ3n) is 2.15.